The van der Waals surface area contributed by atoms with E-state index < -0.39 is 0 Å². The summed E-state index contributed by atoms with van der Waals surface area (Å²) in [6.07, 6.45) is 1.75. The summed E-state index contributed by atoms with van der Waals surface area (Å²) in [5, 5.41) is 4.16. The standard InChI is InChI=1S/C11H20N4O/c1-8(5-12)6-14(3)11(16)10-7-15(4)13-9(10)2/h7-8H,5-6,12H2,1-4H3. The normalized spacial score (nSPS) is 12.6. The van der Waals surface area contributed by atoms with Gasteiger partial charge in [0.1, 0.15) is 0 Å². The van der Waals surface area contributed by atoms with Crippen LogP contribution in [0, 0.1) is 12.8 Å². The Hall–Kier alpha value is -1.36. The Morgan fingerprint density at radius 1 is 1.69 bits per heavy atom. The first-order valence-electron chi connectivity index (χ1n) is 5.41. The molecule has 0 aliphatic rings. The van der Waals surface area contributed by atoms with E-state index in [4.69, 9.17) is 5.73 Å². The van der Waals surface area contributed by atoms with Crippen LogP contribution in [0.25, 0.3) is 0 Å². The number of nitrogens with two attached hydrogens (primary N) is 1. The Morgan fingerprint density at radius 3 is 2.75 bits per heavy atom. The third kappa shape index (κ3) is 2.82. The van der Waals surface area contributed by atoms with Gasteiger partial charge in [-0.15, -0.1) is 0 Å². The van der Waals surface area contributed by atoms with Crippen LogP contribution in [0.3, 0.4) is 0 Å². The van der Waals surface area contributed by atoms with Gasteiger partial charge in [-0.25, -0.2) is 0 Å². The second-order valence-corrected chi connectivity index (χ2v) is 4.33. The number of hydrogen-bond acceptors (Lipinski definition) is 3. The molecule has 1 aromatic heterocycles. The summed E-state index contributed by atoms with van der Waals surface area (Å²) in [4.78, 5) is 13.8. The number of carbonyl (C=O) groups excluding carboxylic acids is 1. The predicted octanol–water partition coefficient (Wildman–Crippen LogP) is 0.395. The van der Waals surface area contributed by atoms with Crippen LogP contribution in [-0.2, 0) is 7.05 Å². The second-order valence-electron chi connectivity index (χ2n) is 4.33. The molecule has 0 saturated heterocycles. The molecule has 1 aromatic rings. The molecule has 2 N–H and O–H groups in total. The summed E-state index contributed by atoms with van der Waals surface area (Å²) in [5.74, 6) is 0.317. The smallest absolute Gasteiger partial charge is 0.257 e. The second kappa shape index (κ2) is 5.12. The van der Waals surface area contributed by atoms with Gasteiger partial charge >= 0.3 is 0 Å². The molecule has 0 aromatic carbocycles. The van der Waals surface area contributed by atoms with Crippen LogP contribution in [0.1, 0.15) is 23.0 Å². The average Bonchev–Trinajstić information content (AvgIpc) is 2.56. The number of nitrogens with zero attached hydrogens (tertiary/aromatic N) is 3. The van der Waals surface area contributed by atoms with E-state index in [1.807, 2.05) is 20.9 Å². The van der Waals surface area contributed by atoms with Crippen LogP contribution in [0.2, 0.25) is 0 Å². The number of carbonyl (C=O) groups is 1. The Kier molecular flexibility index (Phi) is 4.06. The van der Waals surface area contributed by atoms with Gasteiger partial charge < -0.3 is 10.6 Å². The van der Waals surface area contributed by atoms with Crippen LogP contribution < -0.4 is 5.73 Å². The minimum atomic E-state index is 0.00546. The molecular weight excluding hydrogens is 204 g/mol. The zero-order valence-corrected chi connectivity index (χ0v) is 10.4. The summed E-state index contributed by atoms with van der Waals surface area (Å²) in [7, 11) is 3.60. The lowest BCUT2D eigenvalue weighted by atomic mass is 10.1. The summed E-state index contributed by atoms with van der Waals surface area (Å²) in [6, 6.07) is 0. The molecular formula is C11H20N4O. The first-order chi connectivity index (χ1) is 7.45. The molecule has 0 spiro atoms. The topological polar surface area (TPSA) is 64.2 Å². The van der Waals surface area contributed by atoms with E-state index in [9.17, 15) is 4.79 Å². The van der Waals surface area contributed by atoms with Gasteiger partial charge in [0.15, 0.2) is 0 Å². The van der Waals surface area contributed by atoms with Gasteiger partial charge in [-0.05, 0) is 19.4 Å². The average molecular weight is 224 g/mol. The fourth-order valence-corrected chi connectivity index (χ4v) is 1.64. The summed E-state index contributed by atoms with van der Waals surface area (Å²) in [5.41, 5.74) is 6.96. The van der Waals surface area contributed by atoms with Crippen molar-refractivity contribution in [1.82, 2.24) is 14.7 Å². The van der Waals surface area contributed by atoms with Crippen molar-refractivity contribution in [2.24, 2.45) is 18.7 Å². The van der Waals surface area contributed by atoms with Crippen LogP contribution in [-0.4, -0.2) is 40.7 Å². The number of amides is 1. The van der Waals surface area contributed by atoms with E-state index >= 15 is 0 Å². The molecule has 0 radical (unpaired) electrons. The highest BCUT2D eigenvalue weighted by molar-refractivity contribution is 5.94. The first kappa shape index (κ1) is 12.7. The van der Waals surface area contributed by atoms with E-state index in [1.54, 1.807) is 22.8 Å². The summed E-state index contributed by atoms with van der Waals surface area (Å²) >= 11 is 0. The molecule has 1 rings (SSSR count). The molecule has 1 heterocycles. The van der Waals surface area contributed by atoms with Crippen LogP contribution in [0.15, 0.2) is 6.20 Å². The molecule has 90 valence electrons. The lowest BCUT2D eigenvalue weighted by Gasteiger charge is -2.20. The van der Waals surface area contributed by atoms with Crippen molar-refractivity contribution in [3.05, 3.63) is 17.5 Å². The van der Waals surface area contributed by atoms with E-state index in [1.165, 1.54) is 0 Å². The van der Waals surface area contributed by atoms with E-state index in [0.717, 1.165) is 5.69 Å². The minimum absolute atomic E-state index is 0.00546. The SMILES string of the molecule is Cc1nn(C)cc1C(=O)N(C)CC(C)CN. The molecule has 0 aliphatic carbocycles. The molecule has 5 nitrogen and oxygen atoms in total. The maximum absolute atomic E-state index is 12.1. The quantitative estimate of drug-likeness (QED) is 0.805. The highest BCUT2D eigenvalue weighted by atomic mass is 16.2. The summed E-state index contributed by atoms with van der Waals surface area (Å²) in [6.45, 7) is 5.13. The van der Waals surface area contributed by atoms with Crippen molar-refractivity contribution in [3.63, 3.8) is 0 Å². The number of aromatic nitrogens is 2. The van der Waals surface area contributed by atoms with E-state index in [-0.39, 0.29) is 5.91 Å². The van der Waals surface area contributed by atoms with Gasteiger partial charge in [-0.2, -0.15) is 5.10 Å². The third-order valence-corrected chi connectivity index (χ3v) is 2.58. The fourth-order valence-electron chi connectivity index (χ4n) is 1.64. The highest BCUT2D eigenvalue weighted by Gasteiger charge is 2.17. The van der Waals surface area contributed by atoms with Crippen LogP contribution in [0.5, 0.6) is 0 Å². The molecule has 16 heavy (non-hydrogen) atoms. The Balaban J connectivity index is 2.74. The van der Waals surface area contributed by atoms with Crippen molar-refractivity contribution in [2.75, 3.05) is 20.1 Å². The predicted molar refractivity (Wildman–Crippen MR) is 63.1 cm³/mol. The van der Waals surface area contributed by atoms with Crippen molar-refractivity contribution < 1.29 is 4.79 Å². The summed E-state index contributed by atoms with van der Waals surface area (Å²) < 4.78 is 1.66. The maximum atomic E-state index is 12.1. The minimum Gasteiger partial charge on any atom is -0.341 e. The van der Waals surface area contributed by atoms with E-state index in [2.05, 4.69) is 5.10 Å². The monoisotopic (exact) mass is 224 g/mol. The fraction of sp³-hybridized carbons (Fsp3) is 0.636. The number of rotatable bonds is 4. The van der Waals surface area contributed by atoms with Gasteiger partial charge in [0, 0.05) is 26.8 Å². The Labute approximate surface area is 96.2 Å². The van der Waals surface area contributed by atoms with Crippen molar-refractivity contribution in [3.8, 4) is 0 Å². The Morgan fingerprint density at radius 2 is 2.31 bits per heavy atom. The van der Waals surface area contributed by atoms with Gasteiger partial charge in [-0.1, -0.05) is 6.92 Å². The Bertz CT molecular complexity index is 372. The zero-order chi connectivity index (χ0) is 12.3. The highest BCUT2D eigenvalue weighted by Crippen LogP contribution is 2.09. The maximum Gasteiger partial charge on any atom is 0.257 e. The van der Waals surface area contributed by atoms with E-state index in [0.29, 0.717) is 24.6 Å². The van der Waals surface area contributed by atoms with Crippen molar-refractivity contribution >= 4 is 5.91 Å². The zero-order valence-electron chi connectivity index (χ0n) is 10.4. The molecule has 1 unspecified atom stereocenters. The first-order valence-corrected chi connectivity index (χ1v) is 5.41. The largest absolute Gasteiger partial charge is 0.341 e. The van der Waals surface area contributed by atoms with Gasteiger partial charge in [-0.3, -0.25) is 9.48 Å². The van der Waals surface area contributed by atoms with Gasteiger partial charge in [0.05, 0.1) is 11.3 Å². The molecule has 0 fully saturated rings. The molecule has 5 heteroatoms. The third-order valence-electron chi connectivity index (χ3n) is 2.58. The lowest BCUT2D eigenvalue weighted by molar-refractivity contribution is 0.0776. The van der Waals surface area contributed by atoms with Gasteiger partial charge in [0.2, 0.25) is 0 Å². The van der Waals surface area contributed by atoms with Crippen LogP contribution >= 0.6 is 0 Å². The number of hydrogen-bond donors (Lipinski definition) is 1. The van der Waals surface area contributed by atoms with Crippen LogP contribution in [0.4, 0.5) is 0 Å². The molecule has 1 atom stereocenters. The molecule has 0 bridgehead atoms. The molecule has 0 saturated carbocycles. The van der Waals surface area contributed by atoms with Crippen molar-refractivity contribution in [1.29, 1.82) is 0 Å². The number of aryl methyl sites for hydroxylation is 2. The molecule has 0 aliphatic heterocycles. The lowest BCUT2D eigenvalue weighted by Crippen LogP contribution is -2.33. The van der Waals surface area contributed by atoms with Gasteiger partial charge in [0.25, 0.3) is 5.91 Å². The molecule has 1 amide bonds. The van der Waals surface area contributed by atoms with Crippen molar-refractivity contribution in [2.45, 2.75) is 13.8 Å².